The van der Waals surface area contributed by atoms with E-state index in [-0.39, 0.29) is 25.3 Å². The Morgan fingerprint density at radius 1 is 1.52 bits per heavy atom. The zero-order valence-electron chi connectivity index (χ0n) is 12.1. The fourth-order valence-electron chi connectivity index (χ4n) is 2.49. The number of furan rings is 1. The van der Waals surface area contributed by atoms with E-state index in [1.165, 1.54) is 4.90 Å². The molecule has 2 rings (SSSR count). The maximum Gasteiger partial charge on any atom is 0.318 e. The Labute approximate surface area is 122 Å². The Morgan fingerprint density at radius 3 is 2.86 bits per heavy atom. The summed E-state index contributed by atoms with van der Waals surface area (Å²) in [6.45, 7) is 4.41. The first-order chi connectivity index (χ1) is 10.0. The smallest absolute Gasteiger partial charge is 0.318 e. The van der Waals surface area contributed by atoms with E-state index >= 15 is 0 Å². The van der Waals surface area contributed by atoms with Gasteiger partial charge in [-0.25, -0.2) is 4.79 Å². The maximum absolute atomic E-state index is 12.4. The zero-order chi connectivity index (χ0) is 15.4. The lowest BCUT2D eigenvalue weighted by Crippen LogP contribution is -2.50. The third-order valence-electron chi connectivity index (χ3n) is 3.68. The van der Waals surface area contributed by atoms with Gasteiger partial charge in [0.25, 0.3) is 0 Å². The van der Waals surface area contributed by atoms with Crippen molar-refractivity contribution in [1.29, 1.82) is 0 Å². The van der Waals surface area contributed by atoms with Crippen molar-refractivity contribution in [3.63, 3.8) is 0 Å². The highest BCUT2D eigenvalue weighted by molar-refractivity contribution is 5.77. The average molecular weight is 296 g/mol. The number of urea groups is 1. The number of carboxylic acids is 1. The lowest BCUT2D eigenvalue weighted by Gasteiger charge is -2.30. The minimum absolute atomic E-state index is 0.136. The predicted molar refractivity (Wildman–Crippen MR) is 73.8 cm³/mol. The van der Waals surface area contributed by atoms with E-state index in [0.29, 0.717) is 12.3 Å². The van der Waals surface area contributed by atoms with Gasteiger partial charge in [-0.15, -0.1) is 0 Å². The SMILES string of the molecule is CCN(C(=O)NC(C)c1ccco1)C1COCC1C(=O)O. The van der Waals surface area contributed by atoms with E-state index < -0.39 is 17.9 Å². The Kier molecular flexibility index (Phi) is 4.85. The van der Waals surface area contributed by atoms with Crippen molar-refractivity contribution in [2.24, 2.45) is 5.92 Å². The molecule has 1 saturated heterocycles. The van der Waals surface area contributed by atoms with Crippen molar-refractivity contribution in [1.82, 2.24) is 10.2 Å². The molecule has 7 nitrogen and oxygen atoms in total. The van der Waals surface area contributed by atoms with E-state index in [1.807, 2.05) is 13.8 Å². The number of amides is 2. The molecular weight excluding hydrogens is 276 g/mol. The molecule has 2 N–H and O–H groups in total. The first-order valence-electron chi connectivity index (χ1n) is 6.95. The predicted octanol–water partition coefficient (Wildman–Crippen LogP) is 1.47. The number of nitrogens with one attached hydrogen (secondary N) is 1. The van der Waals surface area contributed by atoms with Crippen LogP contribution in [0.1, 0.15) is 25.6 Å². The van der Waals surface area contributed by atoms with E-state index in [0.717, 1.165) is 0 Å². The summed E-state index contributed by atoms with van der Waals surface area (Å²) in [4.78, 5) is 25.1. The third kappa shape index (κ3) is 3.36. The molecule has 0 saturated carbocycles. The van der Waals surface area contributed by atoms with Gasteiger partial charge < -0.3 is 24.5 Å². The number of likely N-dealkylation sites (N-methyl/N-ethyl adjacent to an activating group) is 1. The van der Waals surface area contributed by atoms with Gasteiger partial charge in [0.05, 0.1) is 31.6 Å². The highest BCUT2D eigenvalue weighted by Gasteiger charge is 2.39. The van der Waals surface area contributed by atoms with E-state index in [4.69, 9.17) is 9.15 Å². The molecule has 0 spiro atoms. The summed E-state index contributed by atoms with van der Waals surface area (Å²) in [5.74, 6) is -0.977. The van der Waals surface area contributed by atoms with E-state index in [2.05, 4.69) is 5.32 Å². The Hall–Kier alpha value is -2.02. The van der Waals surface area contributed by atoms with Crippen LogP contribution in [-0.2, 0) is 9.53 Å². The van der Waals surface area contributed by atoms with Gasteiger partial charge in [0, 0.05) is 6.54 Å². The second-order valence-electron chi connectivity index (χ2n) is 5.02. The normalized spacial score (nSPS) is 22.8. The van der Waals surface area contributed by atoms with E-state index in [9.17, 15) is 14.7 Å². The van der Waals surface area contributed by atoms with Crippen LogP contribution in [0, 0.1) is 5.92 Å². The molecule has 2 heterocycles. The lowest BCUT2D eigenvalue weighted by molar-refractivity contribution is -0.142. The molecular formula is C14H20N2O5. The molecule has 21 heavy (non-hydrogen) atoms. The molecule has 0 aliphatic carbocycles. The van der Waals surface area contributed by atoms with Gasteiger partial charge in [-0.2, -0.15) is 0 Å². The van der Waals surface area contributed by atoms with Gasteiger partial charge in [-0.1, -0.05) is 0 Å². The van der Waals surface area contributed by atoms with Gasteiger partial charge in [-0.3, -0.25) is 4.79 Å². The molecule has 1 aromatic rings. The summed E-state index contributed by atoms with van der Waals surface area (Å²) >= 11 is 0. The Balaban J connectivity index is 2.03. The van der Waals surface area contributed by atoms with Crippen LogP contribution in [0.5, 0.6) is 0 Å². The van der Waals surface area contributed by atoms with Crippen LogP contribution in [-0.4, -0.2) is 47.8 Å². The number of aliphatic carboxylic acids is 1. The van der Waals surface area contributed by atoms with Crippen LogP contribution in [0.3, 0.4) is 0 Å². The molecule has 116 valence electrons. The van der Waals surface area contributed by atoms with Crippen molar-refractivity contribution < 1.29 is 23.8 Å². The fraction of sp³-hybridized carbons (Fsp3) is 0.571. The molecule has 1 aliphatic heterocycles. The summed E-state index contributed by atoms with van der Waals surface area (Å²) in [5, 5.41) is 12.0. The number of carbonyl (C=O) groups is 2. The highest BCUT2D eigenvalue weighted by atomic mass is 16.5. The summed E-state index contributed by atoms with van der Waals surface area (Å²) in [7, 11) is 0. The summed E-state index contributed by atoms with van der Waals surface area (Å²) in [5.41, 5.74) is 0. The number of hydrogen-bond acceptors (Lipinski definition) is 4. The highest BCUT2D eigenvalue weighted by Crippen LogP contribution is 2.21. The van der Waals surface area contributed by atoms with E-state index in [1.54, 1.807) is 18.4 Å². The summed E-state index contributed by atoms with van der Waals surface area (Å²) in [6.07, 6.45) is 1.54. The number of nitrogens with zero attached hydrogens (tertiary/aromatic N) is 1. The van der Waals surface area contributed by atoms with Crippen LogP contribution in [0.2, 0.25) is 0 Å². The van der Waals surface area contributed by atoms with Crippen LogP contribution in [0.25, 0.3) is 0 Å². The largest absolute Gasteiger partial charge is 0.481 e. The standard InChI is InChI=1S/C14H20N2O5/c1-3-16(11-8-20-7-10(11)13(17)18)14(19)15-9(2)12-5-4-6-21-12/h4-6,9-11H,3,7-8H2,1-2H3,(H,15,19)(H,17,18). The second kappa shape index (κ2) is 6.62. The van der Waals surface area contributed by atoms with Crippen LogP contribution in [0.4, 0.5) is 4.79 Å². The maximum atomic E-state index is 12.4. The van der Waals surface area contributed by atoms with Gasteiger partial charge in [0.15, 0.2) is 0 Å². The van der Waals surface area contributed by atoms with Crippen molar-refractivity contribution in [3.05, 3.63) is 24.2 Å². The number of carbonyl (C=O) groups excluding carboxylic acids is 1. The molecule has 1 fully saturated rings. The topological polar surface area (TPSA) is 92.0 Å². The monoisotopic (exact) mass is 296 g/mol. The van der Waals surface area contributed by atoms with Gasteiger partial charge in [0.2, 0.25) is 0 Å². The van der Waals surface area contributed by atoms with Gasteiger partial charge in [0.1, 0.15) is 11.7 Å². The summed E-state index contributed by atoms with van der Waals surface area (Å²) in [6, 6.07) is 2.48. The number of rotatable bonds is 5. The van der Waals surface area contributed by atoms with Gasteiger partial charge >= 0.3 is 12.0 Å². The number of hydrogen-bond donors (Lipinski definition) is 2. The molecule has 1 aliphatic rings. The number of carboxylic acid groups (broad SMARTS) is 1. The molecule has 7 heteroatoms. The molecule has 0 bridgehead atoms. The van der Waals surface area contributed by atoms with Crippen molar-refractivity contribution in [2.45, 2.75) is 25.9 Å². The quantitative estimate of drug-likeness (QED) is 0.858. The Bertz CT molecular complexity index is 488. The average Bonchev–Trinajstić information content (AvgIpc) is 3.10. The molecule has 1 aromatic heterocycles. The molecule has 3 unspecified atom stereocenters. The van der Waals surface area contributed by atoms with Crippen LogP contribution in [0.15, 0.2) is 22.8 Å². The molecule has 0 aromatic carbocycles. The van der Waals surface area contributed by atoms with Crippen molar-refractivity contribution >= 4 is 12.0 Å². The first-order valence-corrected chi connectivity index (χ1v) is 6.95. The van der Waals surface area contributed by atoms with Crippen molar-refractivity contribution in [2.75, 3.05) is 19.8 Å². The lowest BCUT2D eigenvalue weighted by atomic mass is 10.0. The van der Waals surface area contributed by atoms with Crippen molar-refractivity contribution in [3.8, 4) is 0 Å². The minimum atomic E-state index is -0.942. The summed E-state index contributed by atoms with van der Waals surface area (Å²) < 4.78 is 10.5. The molecule has 0 radical (unpaired) electrons. The number of ether oxygens (including phenoxy) is 1. The second-order valence-corrected chi connectivity index (χ2v) is 5.02. The molecule has 2 amide bonds. The Morgan fingerprint density at radius 2 is 2.29 bits per heavy atom. The minimum Gasteiger partial charge on any atom is -0.481 e. The van der Waals surface area contributed by atoms with Crippen LogP contribution >= 0.6 is 0 Å². The third-order valence-corrected chi connectivity index (χ3v) is 3.68. The van der Waals surface area contributed by atoms with Gasteiger partial charge in [-0.05, 0) is 26.0 Å². The first kappa shape index (κ1) is 15.4. The van der Waals surface area contributed by atoms with Crippen LogP contribution < -0.4 is 5.32 Å². The fourth-order valence-corrected chi connectivity index (χ4v) is 2.49. The molecule has 3 atom stereocenters. The zero-order valence-corrected chi connectivity index (χ0v) is 12.1.